The van der Waals surface area contributed by atoms with Gasteiger partial charge in [0.25, 0.3) is 0 Å². The van der Waals surface area contributed by atoms with Crippen LogP contribution in [-0.2, 0) is 14.3 Å². The van der Waals surface area contributed by atoms with E-state index in [-0.39, 0.29) is 35.3 Å². The average Bonchev–Trinajstić information content (AvgIpc) is 2.54. The van der Waals surface area contributed by atoms with Gasteiger partial charge in [0.2, 0.25) is 5.88 Å². The van der Waals surface area contributed by atoms with Crippen LogP contribution in [0.4, 0.5) is 0 Å². The molecule has 5 nitrogen and oxygen atoms in total. The van der Waals surface area contributed by atoms with Crippen LogP contribution in [0.1, 0.15) is 18.4 Å². The minimum atomic E-state index is -0.658. The van der Waals surface area contributed by atoms with Crippen LogP contribution < -0.4 is 5.73 Å². The fraction of sp³-hybridized carbons (Fsp3) is 0.250. The van der Waals surface area contributed by atoms with E-state index in [9.17, 15) is 10.1 Å². The van der Waals surface area contributed by atoms with Gasteiger partial charge in [0, 0.05) is 3.57 Å². The van der Waals surface area contributed by atoms with Crippen LogP contribution in [-0.4, -0.2) is 18.5 Å². The Bertz CT molecular complexity index is 737. The maximum Gasteiger partial charge on any atom is 0.338 e. The molecule has 0 amide bonds. The van der Waals surface area contributed by atoms with Gasteiger partial charge in [-0.2, -0.15) is 5.26 Å². The number of hydrogen-bond donors (Lipinski definition) is 1. The van der Waals surface area contributed by atoms with Crippen molar-refractivity contribution < 1.29 is 14.3 Å². The lowest BCUT2D eigenvalue weighted by atomic mass is 9.83. The number of allylic oxidation sites excluding steroid dienone is 2. The summed E-state index contributed by atoms with van der Waals surface area (Å²) in [5.41, 5.74) is 7.03. The molecule has 0 fully saturated rings. The second kappa shape index (κ2) is 7.70. The Hall–Kier alpha value is -1.72. The summed E-state index contributed by atoms with van der Waals surface area (Å²) in [6.45, 7) is 1.91. The highest BCUT2D eigenvalue weighted by atomic mass is 127. The highest BCUT2D eigenvalue weighted by Gasteiger charge is 2.38. The minimum absolute atomic E-state index is 0.0409. The lowest BCUT2D eigenvalue weighted by Gasteiger charge is -2.28. The second-order valence-electron chi connectivity index (χ2n) is 4.64. The SMILES string of the molecule is CCOC(=O)C1=C(CCl)OC(N)=C(C#N)C1c1ccccc1I. The smallest absolute Gasteiger partial charge is 0.338 e. The lowest BCUT2D eigenvalue weighted by molar-refractivity contribution is -0.139. The number of alkyl halides is 1. The summed E-state index contributed by atoms with van der Waals surface area (Å²) in [5.74, 6) is -1.09. The van der Waals surface area contributed by atoms with Crippen LogP contribution in [0.15, 0.2) is 47.1 Å². The van der Waals surface area contributed by atoms with Gasteiger partial charge in [-0.1, -0.05) is 18.2 Å². The molecule has 7 heteroatoms. The molecule has 1 aromatic rings. The first kappa shape index (κ1) is 17.6. The maximum atomic E-state index is 12.4. The molecule has 0 aliphatic carbocycles. The van der Waals surface area contributed by atoms with E-state index in [1.165, 1.54) is 0 Å². The number of rotatable bonds is 4. The van der Waals surface area contributed by atoms with Gasteiger partial charge < -0.3 is 15.2 Å². The number of ether oxygens (including phenoxy) is 2. The van der Waals surface area contributed by atoms with E-state index in [1.54, 1.807) is 6.92 Å². The second-order valence-corrected chi connectivity index (χ2v) is 6.07. The summed E-state index contributed by atoms with van der Waals surface area (Å²) in [7, 11) is 0. The van der Waals surface area contributed by atoms with E-state index in [0.29, 0.717) is 0 Å². The number of nitrogens with two attached hydrogens (primary N) is 1. The highest BCUT2D eigenvalue weighted by Crippen LogP contribution is 2.41. The van der Waals surface area contributed by atoms with Crippen LogP contribution in [0, 0.1) is 14.9 Å². The third kappa shape index (κ3) is 3.46. The molecule has 23 heavy (non-hydrogen) atoms. The van der Waals surface area contributed by atoms with Crippen LogP contribution >= 0.6 is 34.2 Å². The molecule has 0 saturated carbocycles. The Morgan fingerprint density at radius 2 is 2.22 bits per heavy atom. The van der Waals surface area contributed by atoms with E-state index in [4.69, 9.17) is 26.8 Å². The summed E-state index contributed by atoms with van der Waals surface area (Å²) in [5, 5.41) is 9.49. The zero-order valence-electron chi connectivity index (χ0n) is 12.3. The van der Waals surface area contributed by atoms with Crippen molar-refractivity contribution in [2.45, 2.75) is 12.8 Å². The molecular weight excluding hydrogens is 431 g/mol. The highest BCUT2D eigenvalue weighted by molar-refractivity contribution is 14.1. The van der Waals surface area contributed by atoms with Crippen molar-refractivity contribution in [2.75, 3.05) is 12.5 Å². The predicted octanol–water partition coefficient (Wildman–Crippen LogP) is 3.15. The van der Waals surface area contributed by atoms with Crippen molar-refractivity contribution in [3.05, 3.63) is 56.2 Å². The number of nitriles is 1. The number of nitrogens with zero attached hydrogens (tertiary/aromatic N) is 1. The Morgan fingerprint density at radius 3 is 2.78 bits per heavy atom. The maximum absolute atomic E-state index is 12.4. The van der Waals surface area contributed by atoms with Gasteiger partial charge in [-0.05, 0) is 41.1 Å². The van der Waals surface area contributed by atoms with Gasteiger partial charge in [-0.15, -0.1) is 11.6 Å². The number of halogens is 2. The molecule has 0 aromatic heterocycles. The molecule has 0 radical (unpaired) electrons. The first-order valence-corrected chi connectivity index (χ1v) is 8.44. The molecule has 1 aliphatic rings. The van der Waals surface area contributed by atoms with E-state index in [0.717, 1.165) is 9.13 Å². The number of hydrogen-bond acceptors (Lipinski definition) is 5. The van der Waals surface area contributed by atoms with Gasteiger partial charge in [0.15, 0.2) is 0 Å². The molecule has 0 saturated heterocycles. The molecule has 120 valence electrons. The largest absolute Gasteiger partial charge is 0.463 e. The van der Waals surface area contributed by atoms with Crippen molar-refractivity contribution in [1.29, 1.82) is 5.26 Å². The molecule has 2 rings (SSSR count). The lowest BCUT2D eigenvalue weighted by Crippen LogP contribution is -2.27. The normalized spacial score (nSPS) is 17.6. The summed E-state index contributed by atoms with van der Waals surface area (Å²) < 4.78 is 11.4. The first-order valence-electron chi connectivity index (χ1n) is 6.83. The molecule has 1 unspecified atom stereocenters. The zero-order chi connectivity index (χ0) is 17.0. The van der Waals surface area contributed by atoms with Crippen molar-refractivity contribution >= 4 is 40.2 Å². The summed E-state index contributed by atoms with van der Waals surface area (Å²) in [4.78, 5) is 12.4. The number of benzene rings is 1. The van der Waals surface area contributed by atoms with E-state index >= 15 is 0 Å². The third-order valence-electron chi connectivity index (χ3n) is 3.33. The standard InChI is InChI=1S/C16H14ClIN2O3/c1-2-22-16(21)14-12(7-17)23-15(20)10(8-19)13(14)9-5-3-4-6-11(9)18/h3-6,13H,2,7,20H2,1H3. The Kier molecular flexibility index (Phi) is 5.91. The van der Waals surface area contributed by atoms with Crippen molar-refractivity contribution in [2.24, 2.45) is 5.73 Å². The molecule has 1 atom stereocenters. The summed E-state index contributed by atoms with van der Waals surface area (Å²) >= 11 is 8.06. The first-order chi connectivity index (χ1) is 11.0. The topological polar surface area (TPSA) is 85.3 Å². The predicted molar refractivity (Wildman–Crippen MR) is 94.2 cm³/mol. The van der Waals surface area contributed by atoms with Gasteiger partial charge >= 0.3 is 5.97 Å². The van der Waals surface area contributed by atoms with Crippen molar-refractivity contribution in [3.63, 3.8) is 0 Å². The Balaban J connectivity index is 2.69. The van der Waals surface area contributed by atoms with Gasteiger partial charge in [0.05, 0.1) is 24.0 Å². The van der Waals surface area contributed by atoms with Gasteiger partial charge in [0.1, 0.15) is 17.4 Å². The average molecular weight is 445 g/mol. The van der Waals surface area contributed by atoms with Crippen LogP contribution in [0.5, 0.6) is 0 Å². The van der Waals surface area contributed by atoms with Crippen LogP contribution in [0.25, 0.3) is 0 Å². The quantitative estimate of drug-likeness (QED) is 0.438. The number of esters is 1. The fourth-order valence-electron chi connectivity index (χ4n) is 2.37. The summed E-state index contributed by atoms with van der Waals surface area (Å²) in [6.07, 6.45) is 0. The fourth-order valence-corrected chi connectivity index (χ4v) is 3.27. The third-order valence-corrected chi connectivity index (χ3v) is 4.55. The summed E-state index contributed by atoms with van der Waals surface area (Å²) in [6, 6.07) is 9.48. The molecule has 1 aliphatic heterocycles. The van der Waals surface area contributed by atoms with Crippen molar-refractivity contribution in [3.8, 4) is 6.07 Å². The van der Waals surface area contributed by atoms with Crippen molar-refractivity contribution in [1.82, 2.24) is 0 Å². The molecule has 2 N–H and O–H groups in total. The monoisotopic (exact) mass is 444 g/mol. The Labute approximate surface area is 152 Å². The Morgan fingerprint density at radius 1 is 1.52 bits per heavy atom. The molecule has 1 heterocycles. The van der Waals surface area contributed by atoms with E-state index in [2.05, 4.69) is 22.6 Å². The number of carbonyl (C=O) groups is 1. The molecule has 1 aromatic carbocycles. The van der Waals surface area contributed by atoms with E-state index < -0.39 is 11.9 Å². The van der Waals surface area contributed by atoms with E-state index in [1.807, 2.05) is 30.3 Å². The van der Waals surface area contributed by atoms with Crippen LogP contribution in [0.3, 0.4) is 0 Å². The molecule has 0 bridgehead atoms. The minimum Gasteiger partial charge on any atom is -0.463 e. The molecular formula is C16H14ClIN2O3. The number of carbonyl (C=O) groups excluding carboxylic acids is 1. The van der Waals surface area contributed by atoms with Gasteiger partial charge in [-0.3, -0.25) is 0 Å². The van der Waals surface area contributed by atoms with Crippen LogP contribution in [0.2, 0.25) is 0 Å². The molecule has 0 spiro atoms. The zero-order valence-corrected chi connectivity index (χ0v) is 15.2. The van der Waals surface area contributed by atoms with Gasteiger partial charge in [-0.25, -0.2) is 4.79 Å².